The first kappa shape index (κ1) is 9.10. The molecular formula is C7H15OP. The van der Waals surface area contributed by atoms with Gasteiger partial charge >= 0.3 is 0 Å². The van der Waals surface area contributed by atoms with Crippen molar-refractivity contribution in [2.24, 2.45) is 0 Å². The second kappa shape index (κ2) is 3.31. The van der Waals surface area contributed by atoms with E-state index >= 15 is 0 Å². The Morgan fingerprint density at radius 1 is 1.56 bits per heavy atom. The van der Waals surface area contributed by atoms with Crippen LogP contribution in [0.25, 0.3) is 0 Å². The fourth-order valence-corrected chi connectivity index (χ4v) is 1.69. The maximum atomic E-state index is 10.6. The molecule has 0 bridgehead atoms. The first-order valence-electron chi connectivity index (χ1n) is 3.26. The average Bonchev–Trinajstić information content (AvgIpc) is 1.63. The minimum Gasteiger partial charge on any atom is -0.295 e. The van der Waals surface area contributed by atoms with Crippen molar-refractivity contribution in [3.8, 4) is 0 Å². The van der Waals surface area contributed by atoms with Crippen LogP contribution in [-0.2, 0) is 4.79 Å². The van der Waals surface area contributed by atoms with E-state index in [0.717, 1.165) is 6.42 Å². The molecule has 1 unspecified atom stereocenters. The van der Waals surface area contributed by atoms with Crippen LogP contribution >= 0.6 is 8.58 Å². The van der Waals surface area contributed by atoms with Crippen molar-refractivity contribution in [3.05, 3.63) is 0 Å². The van der Waals surface area contributed by atoms with Crippen molar-refractivity contribution < 1.29 is 4.79 Å². The topological polar surface area (TPSA) is 17.1 Å². The Balaban J connectivity index is 3.71. The predicted octanol–water partition coefficient (Wildman–Crippen LogP) is 2.40. The highest BCUT2D eigenvalue weighted by Crippen LogP contribution is 2.34. The normalized spacial score (nSPS) is 12.9. The van der Waals surface area contributed by atoms with E-state index in [4.69, 9.17) is 0 Å². The molecule has 0 saturated heterocycles. The van der Waals surface area contributed by atoms with Gasteiger partial charge in [-0.1, -0.05) is 20.8 Å². The summed E-state index contributed by atoms with van der Waals surface area (Å²) in [5, 5.41) is 0.242. The Hall–Kier alpha value is 0.100. The molecule has 1 nitrogen and oxygen atoms in total. The van der Waals surface area contributed by atoms with E-state index in [1.54, 1.807) is 6.92 Å². The van der Waals surface area contributed by atoms with E-state index in [9.17, 15) is 4.79 Å². The third-order valence-corrected chi connectivity index (χ3v) is 2.78. The molecule has 0 amide bonds. The third-order valence-electron chi connectivity index (χ3n) is 1.40. The van der Waals surface area contributed by atoms with Crippen LogP contribution in [0.4, 0.5) is 0 Å². The highest BCUT2D eigenvalue weighted by atomic mass is 31.1. The molecule has 0 aliphatic carbocycles. The summed E-state index contributed by atoms with van der Waals surface area (Å²) in [7, 11) is 0.476. The van der Waals surface area contributed by atoms with E-state index in [0.29, 0.717) is 14.1 Å². The zero-order valence-corrected chi connectivity index (χ0v) is 7.62. The number of carbonyl (C=O) groups is 1. The van der Waals surface area contributed by atoms with E-state index in [2.05, 4.69) is 20.8 Å². The van der Waals surface area contributed by atoms with Crippen molar-refractivity contribution in [1.29, 1.82) is 0 Å². The molecule has 0 aromatic rings. The fraction of sp³-hybridized carbons (Fsp3) is 0.857. The molecule has 0 radical (unpaired) electrons. The summed E-state index contributed by atoms with van der Waals surface area (Å²) < 4.78 is 0. The van der Waals surface area contributed by atoms with Gasteiger partial charge in [-0.15, -0.1) is 0 Å². The quantitative estimate of drug-likeness (QED) is 0.559. The lowest BCUT2D eigenvalue weighted by molar-refractivity contribution is -0.109. The predicted molar refractivity (Wildman–Crippen MR) is 43.4 cm³/mol. The molecular weight excluding hydrogens is 131 g/mol. The zero-order chi connectivity index (χ0) is 7.49. The Bertz CT molecular complexity index is 107. The minimum atomic E-state index is 0.242. The molecule has 9 heavy (non-hydrogen) atoms. The second-order valence-electron chi connectivity index (χ2n) is 2.92. The van der Waals surface area contributed by atoms with Crippen LogP contribution in [-0.4, -0.2) is 10.7 Å². The van der Waals surface area contributed by atoms with Crippen LogP contribution in [0.2, 0.25) is 0 Å². The number of carbonyl (C=O) groups excluding carboxylic acids is 1. The monoisotopic (exact) mass is 146 g/mol. The number of rotatable bonds is 3. The SMILES string of the molecule is CCC(C)(C)PC(C)=O. The average molecular weight is 146 g/mol. The highest BCUT2D eigenvalue weighted by Gasteiger charge is 2.16. The Kier molecular flexibility index (Phi) is 3.35. The molecule has 0 heterocycles. The fourth-order valence-electron chi connectivity index (χ4n) is 0.565. The molecule has 0 rings (SSSR count). The van der Waals surface area contributed by atoms with Crippen LogP contribution in [0.1, 0.15) is 34.1 Å². The lowest BCUT2D eigenvalue weighted by atomic mass is 10.1. The number of hydrogen-bond acceptors (Lipinski definition) is 1. The zero-order valence-electron chi connectivity index (χ0n) is 6.62. The van der Waals surface area contributed by atoms with Crippen LogP contribution in [0.15, 0.2) is 0 Å². The summed E-state index contributed by atoms with van der Waals surface area (Å²) in [5.41, 5.74) is 0.321. The van der Waals surface area contributed by atoms with E-state index in [1.165, 1.54) is 0 Å². The maximum absolute atomic E-state index is 10.6. The lowest BCUT2D eigenvalue weighted by Gasteiger charge is -2.19. The van der Waals surface area contributed by atoms with Gasteiger partial charge in [0, 0.05) is 0 Å². The third kappa shape index (κ3) is 4.59. The first-order valence-corrected chi connectivity index (χ1v) is 4.26. The van der Waals surface area contributed by atoms with Gasteiger partial charge in [0.15, 0.2) is 0 Å². The number of hydrogen-bond donors (Lipinski definition) is 0. The summed E-state index contributed by atoms with van der Waals surface area (Å²) in [4.78, 5) is 10.6. The van der Waals surface area contributed by atoms with Crippen molar-refractivity contribution >= 4 is 14.1 Å². The van der Waals surface area contributed by atoms with Gasteiger partial charge < -0.3 is 0 Å². The molecule has 0 spiro atoms. The largest absolute Gasteiger partial charge is 0.295 e. The summed E-state index contributed by atoms with van der Waals surface area (Å²) in [6, 6.07) is 0. The second-order valence-corrected chi connectivity index (χ2v) is 5.23. The van der Waals surface area contributed by atoms with Gasteiger partial charge in [0.2, 0.25) is 0 Å². The van der Waals surface area contributed by atoms with Crippen LogP contribution in [0.5, 0.6) is 0 Å². The van der Waals surface area contributed by atoms with Crippen LogP contribution < -0.4 is 0 Å². The van der Waals surface area contributed by atoms with Gasteiger partial charge in [-0.2, -0.15) is 0 Å². The molecule has 2 heteroatoms. The Morgan fingerprint density at radius 2 is 2.00 bits per heavy atom. The van der Waals surface area contributed by atoms with Gasteiger partial charge in [0.25, 0.3) is 0 Å². The first-order chi connectivity index (χ1) is 3.98. The molecule has 54 valence electrons. The Morgan fingerprint density at radius 3 is 2.11 bits per heavy atom. The maximum Gasteiger partial charge on any atom is 0.148 e. The van der Waals surface area contributed by atoms with Gasteiger partial charge in [-0.25, -0.2) is 0 Å². The molecule has 0 aliphatic heterocycles. The highest BCUT2D eigenvalue weighted by molar-refractivity contribution is 7.59. The molecule has 0 aromatic carbocycles. The summed E-state index contributed by atoms with van der Waals surface area (Å²) in [6.45, 7) is 8.05. The van der Waals surface area contributed by atoms with E-state index in [-0.39, 0.29) is 5.16 Å². The van der Waals surface area contributed by atoms with Crippen molar-refractivity contribution in [2.45, 2.75) is 39.3 Å². The van der Waals surface area contributed by atoms with Gasteiger partial charge in [-0.05, 0) is 27.1 Å². The van der Waals surface area contributed by atoms with Gasteiger partial charge in [-0.3, -0.25) is 4.79 Å². The molecule has 0 fully saturated rings. The van der Waals surface area contributed by atoms with Gasteiger partial charge in [0.1, 0.15) is 5.52 Å². The molecule has 0 N–H and O–H groups in total. The van der Waals surface area contributed by atoms with E-state index in [1.807, 2.05) is 0 Å². The minimum absolute atomic E-state index is 0.242. The van der Waals surface area contributed by atoms with Crippen LogP contribution in [0.3, 0.4) is 0 Å². The van der Waals surface area contributed by atoms with Gasteiger partial charge in [0.05, 0.1) is 0 Å². The summed E-state index contributed by atoms with van der Waals surface area (Å²) >= 11 is 0. The lowest BCUT2D eigenvalue weighted by Crippen LogP contribution is -2.11. The Labute approximate surface area is 59.0 Å². The van der Waals surface area contributed by atoms with Crippen molar-refractivity contribution in [3.63, 3.8) is 0 Å². The molecule has 0 aromatic heterocycles. The smallest absolute Gasteiger partial charge is 0.148 e. The molecule has 0 saturated carbocycles. The van der Waals surface area contributed by atoms with Crippen molar-refractivity contribution in [1.82, 2.24) is 0 Å². The molecule has 1 atom stereocenters. The van der Waals surface area contributed by atoms with E-state index < -0.39 is 0 Å². The summed E-state index contributed by atoms with van der Waals surface area (Å²) in [6.07, 6.45) is 1.09. The van der Waals surface area contributed by atoms with Crippen molar-refractivity contribution in [2.75, 3.05) is 0 Å². The summed E-state index contributed by atoms with van der Waals surface area (Å²) in [5.74, 6) is 0. The molecule has 0 aliphatic rings. The van der Waals surface area contributed by atoms with Crippen LogP contribution in [0, 0.1) is 0 Å². The standard InChI is InChI=1S/C7H15OP/c1-5-7(3,4)9-6(2)8/h9H,5H2,1-4H3.